The zero-order valence-electron chi connectivity index (χ0n) is 8.57. The molecule has 0 radical (unpaired) electrons. The number of rotatable bonds is 2. The first kappa shape index (κ1) is 10.3. The Morgan fingerprint density at radius 1 is 1.20 bits per heavy atom. The van der Waals surface area contributed by atoms with Crippen LogP contribution >= 0.6 is 11.8 Å². The maximum Gasteiger partial charge on any atom is 0.106 e. The average molecular weight is 218 g/mol. The molecule has 1 aliphatic heterocycles. The van der Waals surface area contributed by atoms with Gasteiger partial charge in [-0.05, 0) is 0 Å². The summed E-state index contributed by atoms with van der Waals surface area (Å²) in [6.07, 6.45) is 0. The second-order valence-electron chi connectivity index (χ2n) is 3.44. The summed E-state index contributed by atoms with van der Waals surface area (Å²) in [5, 5.41) is 7.40. The van der Waals surface area contributed by atoms with Crippen molar-refractivity contribution in [3.05, 3.63) is 35.9 Å². The summed E-state index contributed by atoms with van der Waals surface area (Å²) >= 11 is 1.98. The van der Waals surface area contributed by atoms with E-state index >= 15 is 0 Å². The van der Waals surface area contributed by atoms with Gasteiger partial charge in [0.2, 0.25) is 0 Å². The molecule has 1 aromatic carbocycles. The maximum atomic E-state index is 7.40. The number of thioether (sulfide) groups is 1. The van der Waals surface area contributed by atoms with E-state index in [2.05, 4.69) is 10.8 Å². The van der Waals surface area contributed by atoms with Gasteiger partial charge < -0.3 is 4.90 Å². The minimum atomic E-state index is 0.927. The molecule has 1 aromatic rings. The third kappa shape index (κ3) is 2.44. The second kappa shape index (κ2) is 5.06. The Balaban J connectivity index is 2.21. The van der Waals surface area contributed by atoms with Crippen LogP contribution in [0.25, 0.3) is 5.70 Å². The molecule has 0 aliphatic carbocycles. The summed E-state index contributed by atoms with van der Waals surface area (Å²) in [5.41, 5.74) is 2.02. The van der Waals surface area contributed by atoms with Gasteiger partial charge in [-0.3, -0.25) is 5.41 Å². The Hall–Kier alpha value is -1.18. The standard InChI is InChI=1S/C12H14N2S/c13-10-12(11-4-2-1-3-5-11)14-6-8-15-9-7-14/h1-5,13H,6-9H2. The van der Waals surface area contributed by atoms with Gasteiger partial charge in [-0.1, -0.05) is 30.3 Å². The zero-order valence-corrected chi connectivity index (χ0v) is 9.39. The van der Waals surface area contributed by atoms with Crippen LogP contribution in [0.1, 0.15) is 5.56 Å². The molecule has 2 rings (SSSR count). The molecule has 0 unspecified atom stereocenters. The van der Waals surface area contributed by atoms with E-state index in [1.54, 1.807) is 0 Å². The van der Waals surface area contributed by atoms with E-state index in [1.807, 2.05) is 42.1 Å². The number of benzene rings is 1. The highest BCUT2D eigenvalue weighted by Gasteiger charge is 2.14. The van der Waals surface area contributed by atoms with Crippen LogP contribution < -0.4 is 0 Å². The first-order valence-corrected chi connectivity index (χ1v) is 6.25. The number of nitrogens with one attached hydrogen (secondary N) is 1. The van der Waals surface area contributed by atoms with Gasteiger partial charge >= 0.3 is 0 Å². The molecule has 2 nitrogen and oxygen atoms in total. The Labute approximate surface area is 94.5 Å². The van der Waals surface area contributed by atoms with Crippen LogP contribution in [0.3, 0.4) is 0 Å². The van der Waals surface area contributed by atoms with Crippen molar-refractivity contribution >= 4 is 23.3 Å². The van der Waals surface area contributed by atoms with Crippen molar-refractivity contribution in [2.75, 3.05) is 24.6 Å². The number of hydrogen-bond donors (Lipinski definition) is 1. The van der Waals surface area contributed by atoms with Crippen molar-refractivity contribution < 1.29 is 0 Å². The molecule has 1 fully saturated rings. The van der Waals surface area contributed by atoms with Crippen LogP contribution in [0.4, 0.5) is 0 Å². The van der Waals surface area contributed by atoms with E-state index in [0.29, 0.717) is 0 Å². The minimum Gasteiger partial charge on any atom is -0.362 e. The van der Waals surface area contributed by atoms with Gasteiger partial charge in [-0.25, -0.2) is 0 Å². The van der Waals surface area contributed by atoms with E-state index in [-0.39, 0.29) is 0 Å². The van der Waals surface area contributed by atoms with Crippen molar-refractivity contribution in [2.45, 2.75) is 0 Å². The highest BCUT2D eigenvalue weighted by molar-refractivity contribution is 7.99. The van der Waals surface area contributed by atoms with Crippen LogP contribution in [0.2, 0.25) is 0 Å². The summed E-state index contributed by atoms with van der Waals surface area (Å²) in [5.74, 6) is 4.87. The fraction of sp³-hybridized carbons (Fsp3) is 0.333. The molecule has 0 atom stereocenters. The van der Waals surface area contributed by atoms with Crippen molar-refractivity contribution in [3.63, 3.8) is 0 Å². The lowest BCUT2D eigenvalue weighted by atomic mass is 10.1. The molecule has 0 amide bonds. The lowest BCUT2D eigenvalue weighted by Crippen LogP contribution is -2.31. The Bertz CT molecular complexity index is 362. The molecule has 15 heavy (non-hydrogen) atoms. The summed E-state index contributed by atoms with van der Waals surface area (Å²) in [7, 11) is 0. The third-order valence-corrected chi connectivity index (χ3v) is 3.44. The highest BCUT2D eigenvalue weighted by atomic mass is 32.2. The smallest absolute Gasteiger partial charge is 0.106 e. The SMILES string of the molecule is N=C=C(c1ccccc1)N1CCSCC1. The first-order chi connectivity index (χ1) is 7.42. The quantitative estimate of drug-likeness (QED) is 0.771. The topological polar surface area (TPSA) is 27.1 Å². The van der Waals surface area contributed by atoms with Gasteiger partial charge in [0.05, 0.1) is 0 Å². The summed E-state index contributed by atoms with van der Waals surface area (Å²) in [6.45, 7) is 2.06. The third-order valence-electron chi connectivity index (χ3n) is 2.49. The van der Waals surface area contributed by atoms with E-state index in [9.17, 15) is 0 Å². The van der Waals surface area contributed by atoms with Gasteiger partial charge in [0.15, 0.2) is 0 Å². The average Bonchev–Trinajstić information content (AvgIpc) is 2.33. The lowest BCUT2D eigenvalue weighted by Gasteiger charge is -2.29. The molecule has 1 heterocycles. The van der Waals surface area contributed by atoms with Gasteiger partial charge in [-0.2, -0.15) is 11.8 Å². The molecular formula is C12H14N2S. The second-order valence-corrected chi connectivity index (χ2v) is 4.66. The summed E-state index contributed by atoms with van der Waals surface area (Å²) < 4.78 is 0. The van der Waals surface area contributed by atoms with Crippen LogP contribution in [0.5, 0.6) is 0 Å². The number of nitrogens with zero attached hydrogens (tertiary/aromatic N) is 1. The first-order valence-electron chi connectivity index (χ1n) is 5.09. The molecule has 0 spiro atoms. The Morgan fingerprint density at radius 3 is 2.47 bits per heavy atom. The highest BCUT2D eigenvalue weighted by Crippen LogP contribution is 2.20. The molecule has 1 aliphatic rings. The fourth-order valence-electron chi connectivity index (χ4n) is 1.72. The number of hydrogen-bond acceptors (Lipinski definition) is 3. The predicted octanol–water partition coefficient (Wildman–Crippen LogP) is 2.32. The molecule has 0 bridgehead atoms. The molecule has 1 saturated heterocycles. The van der Waals surface area contributed by atoms with Crippen molar-refractivity contribution in [1.82, 2.24) is 4.90 Å². The van der Waals surface area contributed by atoms with E-state index in [0.717, 1.165) is 35.9 Å². The van der Waals surface area contributed by atoms with Crippen LogP contribution in [-0.2, 0) is 0 Å². The van der Waals surface area contributed by atoms with Crippen molar-refractivity contribution in [3.8, 4) is 0 Å². The largest absolute Gasteiger partial charge is 0.362 e. The van der Waals surface area contributed by atoms with Crippen molar-refractivity contribution in [2.24, 2.45) is 0 Å². The lowest BCUT2D eigenvalue weighted by molar-refractivity contribution is 0.442. The van der Waals surface area contributed by atoms with Gasteiger partial charge in [0, 0.05) is 36.0 Å². The van der Waals surface area contributed by atoms with Crippen molar-refractivity contribution in [1.29, 1.82) is 5.41 Å². The van der Waals surface area contributed by atoms with Crippen LogP contribution in [0.15, 0.2) is 30.3 Å². The molecule has 0 saturated carbocycles. The normalized spacial score (nSPS) is 15.9. The summed E-state index contributed by atoms with van der Waals surface area (Å²) in [6, 6.07) is 10.1. The molecule has 1 N–H and O–H groups in total. The van der Waals surface area contributed by atoms with Gasteiger partial charge in [0.25, 0.3) is 0 Å². The van der Waals surface area contributed by atoms with Crippen LogP contribution in [-0.4, -0.2) is 35.4 Å². The molecule has 3 heteroatoms. The predicted molar refractivity (Wildman–Crippen MR) is 66.5 cm³/mol. The molecule has 0 aromatic heterocycles. The maximum absolute atomic E-state index is 7.40. The van der Waals surface area contributed by atoms with E-state index < -0.39 is 0 Å². The van der Waals surface area contributed by atoms with Gasteiger partial charge in [0.1, 0.15) is 5.70 Å². The van der Waals surface area contributed by atoms with Gasteiger partial charge in [-0.15, -0.1) is 0 Å². The summed E-state index contributed by atoms with van der Waals surface area (Å²) in [4.78, 5) is 2.25. The van der Waals surface area contributed by atoms with E-state index in [4.69, 9.17) is 5.41 Å². The molecule has 78 valence electrons. The minimum absolute atomic E-state index is 0.927. The van der Waals surface area contributed by atoms with Crippen LogP contribution in [0, 0.1) is 5.41 Å². The Morgan fingerprint density at radius 2 is 1.87 bits per heavy atom. The van der Waals surface area contributed by atoms with E-state index in [1.165, 1.54) is 0 Å². The Kier molecular flexibility index (Phi) is 3.49. The molecular weight excluding hydrogens is 204 g/mol. The fourth-order valence-corrected chi connectivity index (χ4v) is 2.62. The zero-order chi connectivity index (χ0) is 10.5. The monoisotopic (exact) mass is 218 g/mol.